The molecule has 6 heteroatoms. The van der Waals surface area contributed by atoms with E-state index in [1.165, 1.54) is 0 Å². The predicted molar refractivity (Wildman–Crippen MR) is 95.5 cm³/mol. The highest BCUT2D eigenvalue weighted by molar-refractivity contribution is 5.86. The molecule has 6 nitrogen and oxygen atoms in total. The predicted octanol–water partition coefficient (Wildman–Crippen LogP) is 2.06. The SMILES string of the molecule is CC(C)(C)OC(=O)CC(N)C(=O)NCCCCc1ccc(C#N)cc1. The number of benzene rings is 1. The summed E-state index contributed by atoms with van der Waals surface area (Å²) in [6, 6.07) is 8.67. The van der Waals surface area contributed by atoms with Crippen LogP contribution in [0.1, 0.15) is 51.2 Å². The largest absolute Gasteiger partial charge is 0.460 e. The van der Waals surface area contributed by atoms with Crippen LogP contribution in [-0.4, -0.2) is 30.1 Å². The Morgan fingerprint density at radius 2 is 1.88 bits per heavy atom. The zero-order valence-electron chi connectivity index (χ0n) is 15.2. The minimum Gasteiger partial charge on any atom is -0.460 e. The molecule has 0 aliphatic carbocycles. The normalized spacial score (nSPS) is 12.1. The molecule has 25 heavy (non-hydrogen) atoms. The fourth-order valence-electron chi connectivity index (χ4n) is 2.20. The average molecular weight is 345 g/mol. The Kier molecular flexibility index (Phi) is 8.09. The molecule has 0 radical (unpaired) electrons. The van der Waals surface area contributed by atoms with Crippen molar-refractivity contribution in [2.45, 2.75) is 58.1 Å². The molecule has 0 aliphatic rings. The van der Waals surface area contributed by atoms with Crippen LogP contribution in [0.25, 0.3) is 0 Å². The van der Waals surface area contributed by atoms with Gasteiger partial charge in [-0.1, -0.05) is 12.1 Å². The van der Waals surface area contributed by atoms with Crippen LogP contribution in [-0.2, 0) is 20.7 Å². The monoisotopic (exact) mass is 345 g/mol. The van der Waals surface area contributed by atoms with Crippen molar-refractivity contribution in [1.82, 2.24) is 5.32 Å². The summed E-state index contributed by atoms with van der Waals surface area (Å²) in [7, 11) is 0. The van der Waals surface area contributed by atoms with E-state index in [9.17, 15) is 9.59 Å². The van der Waals surface area contributed by atoms with E-state index in [1.807, 2.05) is 12.1 Å². The molecule has 3 N–H and O–H groups in total. The van der Waals surface area contributed by atoms with Crippen molar-refractivity contribution in [1.29, 1.82) is 5.26 Å². The van der Waals surface area contributed by atoms with E-state index in [2.05, 4.69) is 11.4 Å². The highest BCUT2D eigenvalue weighted by atomic mass is 16.6. The molecule has 0 saturated heterocycles. The first-order valence-electron chi connectivity index (χ1n) is 8.45. The number of rotatable bonds is 8. The Bertz CT molecular complexity index is 612. The van der Waals surface area contributed by atoms with Gasteiger partial charge >= 0.3 is 5.97 Å². The van der Waals surface area contributed by atoms with Crippen molar-refractivity contribution in [3.8, 4) is 6.07 Å². The molecule has 1 aromatic carbocycles. The van der Waals surface area contributed by atoms with Crippen molar-refractivity contribution in [2.24, 2.45) is 5.73 Å². The Morgan fingerprint density at radius 1 is 1.24 bits per heavy atom. The maximum Gasteiger partial charge on any atom is 0.308 e. The number of amides is 1. The number of aryl methyl sites for hydroxylation is 1. The molecule has 0 fully saturated rings. The summed E-state index contributed by atoms with van der Waals surface area (Å²) in [5, 5.41) is 11.5. The Hall–Kier alpha value is -2.39. The number of esters is 1. The highest BCUT2D eigenvalue weighted by Gasteiger charge is 2.22. The second kappa shape index (κ2) is 9.80. The Labute approximate surface area is 149 Å². The topological polar surface area (TPSA) is 105 Å². The smallest absolute Gasteiger partial charge is 0.308 e. The molecule has 0 spiro atoms. The quantitative estimate of drug-likeness (QED) is 0.554. The van der Waals surface area contributed by atoms with Gasteiger partial charge in [0.25, 0.3) is 0 Å². The van der Waals surface area contributed by atoms with Gasteiger partial charge < -0.3 is 15.8 Å². The molecule has 0 aliphatic heterocycles. The van der Waals surface area contributed by atoms with Crippen molar-refractivity contribution in [2.75, 3.05) is 6.54 Å². The molecule has 1 aromatic rings. The number of nitrogens with one attached hydrogen (secondary N) is 1. The van der Waals surface area contributed by atoms with Gasteiger partial charge in [0.2, 0.25) is 5.91 Å². The number of carbonyl (C=O) groups is 2. The van der Waals surface area contributed by atoms with Crippen LogP contribution in [0.5, 0.6) is 0 Å². The fourth-order valence-corrected chi connectivity index (χ4v) is 2.20. The number of ether oxygens (including phenoxy) is 1. The number of carbonyl (C=O) groups excluding carboxylic acids is 2. The number of hydrogen-bond donors (Lipinski definition) is 2. The van der Waals surface area contributed by atoms with Gasteiger partial charge in [-0.05, 0) is 57.7 Å². The number of hydrogen-bond acceptors (Lipinski definition) is 5. The number of nitrogens with zero attached hydrogens (tertiary/aromatic N) is 1. The van der Waals surface area contributed by atoms with Crippen molar-refractivity contribution in [3.05, 3.63) is 35.4 Å². The van der Waals surface area contributed by atoms with Gasteiger partial charge in [-0.2, -0.15) is 5.26 Å². The van der Waals surface area contributed by atoms with Crippen molar-refractivity contribution < 1.29 is 14.3 Å². The Balaban J connectivity index is 2.21. The molecule has 0 saturated carbocycles. The minimum absolute atomic E-state index is 0.131. The average Bonchev–Trinajstić information content (AvgIpc) is 2.53. The molecule has 1 atom stereocenters. The molecule has 1 unspecified atom stereocenters. The molecular formula is C19H27N3O3. The zero-order chi connectivity index (χ0) is 18.9. The first-order valence-corrected chi connectivity index (χ1v) is 8.45. The number of nitrogens with two attached hydrogens (primary N) is 1. The summed E-state index contributed by atoms with van der Waals surface area (Å²) in [6.07, 6.45) is 2.47. The van der Waals surface area contributed by atoms with Crippen LogP contribution in [0.2, 0.25) is 0 Å². The second-order valence-corrected chi connectivity index (χ2v) is 6.95. The highest BCUT2D eigenvalue weighted by Crippen LogP contribution is 2.09. The lowest BCUT2D eigenvalue weighted by Gasteiger charge is -2.20. The summed E-state index contributed by atoms with van der Waals surface area (Å²) >= 11 is 0. The van der Waals surface area contributed by atoms with Crippen molar-refractivity contribution >= 4 is 11.9 Å². The third kappa shape index (κ3) is 8.87. The third-order valence-electron chi connectivity index (χ3n) is 3.42. The van der Waals surface area contributed by atoms with E-state index in [0.717, 1.165) is 24.8 Å². The molecule has 0 heterocycles. The van der Waals surface area contributed by atoms with Gasteiger partial charge in [0.1, 0.15) is 5.60 Å². The maximum absolute atomic E-state index is 11.9. The summed E-state index contributed by atoms with van der Waals surface area (Å²) in [5.74, 6) is -0.819. The van der Waals surface area contributed by atoms with Crippen LogP contribution < -0.4 is 11.1 Å². The van der Waals surface area contributed by atoms with Gasteiger partial charge in [-0.25, -0.2) is 0 Å². The molecular weight excluding hydrogens is 318 g/mol. The van der Waals surface area contributed by atoms with Gasteiger partial charge in [-0.15, -0.1) is 0 Å². The van der Waals surface area contributed by atoms with E-state index < -0.39 is 17.6 Å². The van der Waals surface area contributed by atoms with Gasteiger partial charge in [-0.3, -0.25) is 9.59 Å². The maximum atomic E-state index is 11.9. The van der Waals surface area contributed by atoms with Crippen molar-refractivity contribution in [3.63, 3.8) is 0 Å². The summed E-state index contributed by atoms with van der Waals surface area (Å²) in [6.45, 7) is 5.82. The molecule has 0 bridgehead atoms. The van der Waals surface area contributed by atoms with Gasteiger partial charge in [0.15, 0.2) is 0 Å². The van der Waals surface area contributed by atoms with Crippen LogP contribution in [0, 0.1) is 11.3 Å². The van der Waals surface area contributed by atoms with E-state index >= 15 is 0 Å². The molecule has 0 aromatic heterocycles. The summed E-state index contributed by atoms with van der Waals surface area (Å²) < 4.78 is 5.15. The first-order chi connectivity index (χ1) is 11.7. The number of nitriles is 1. The van der Waals surface area contributed by atoms with Crippen LogP contribution in [0.3, 0.4) is 0 Å². The molecule has 136 valence electrons. The lowest BCUT2D eigenvalue weighted by Crippen LogP contribution is -2.43. The standard InChI is InChI=1S/C19H27N3O3/c1-19(2,3)25-17(23)12-16(21)18(24)22-11-5-4-6-14-7-9-15(13-20)10-8-14/h7-10,16H,4-6,11-12,21H2,1-3H3,(H,22,24). The number of unbranched alkanes of at least 4 members (excludes halogenated alkanes) is 1. The third-order valence-corrected chi connectivity index (χ3v) is 3.42. The lowest BCUT2D eigenvalue weighted by molar-refractivity contribution is -0.156. The van der Waals surface area contributed by atoms with E-state index in [1.54, 1.807) is 32.9 Å². The van der Waals surface area contributed by atoms with E-state index in [-0.39, 0.29) is 12.3 Å². The lowest BCUT2D eigenvalue weighted by atomic mass is 10.1. The first kappa shape index (κ1) is 20.7. The van der Waals surface area contributed by atoms with Crippen LogP contribution >= 0.6 is 0 Å². The van der Waals surface area contributed by atoms with E-state index in [4.69, 9.17) is 15.7 Å². The summed E-state index contributed by atoms with van der Waals surface area (Å²) in [4.78, 5) is 23.5. The van der Waals surface area contributed by atoms with Crippen LogP contribution in [0.15, 0.2) is 24.3 Å². The minimum atomic E-state index is -0.895. The van der Waals surface area contributed by atoms with E-state index in [0.29, 0.717) is 12.1 Å². The van der Waals surface area contributed by atoms with Gasteiger partial charge in [0.05, 0.1) is 24.1 Å². The summed E-state index contributed by atoms with van der Waals surface area (Å²) in [5.41, 5.74) is 6.95. The van der Waals surface area contributed by atoms with Crippen LogP contribution in [0.4, 0.5) is 0 Å². The fraction of sp³-hybridized carbons (Fsp3) is 0.526. The van der Waals surface area contributed by atoms with Gasteiger partial charge in [0, 0.05) is 6.54 Å². The second-order valence-electron chi connectivity index (χ2n) is 6.95. The molecule has 1 rings (SSSR count). The Morgan fingerprint density at radius 3 is 2.44 bits per heavy atom. The molecule has 1 amide bonds. The zero-order valence-corrected chi connectivity index (χ0v) is 15.2.